The fourth-order valence-corrected chi connectivity index (χ4v) is 6.05. The van der Waals surface area contributed by atoms with Crippen molar-refractivity contribution in [2.45, 2.75) is 36.9 Å². The van der Waals surface area contributed by atoms with Crippen molar-refractivity contribution in [3.05, 3.63) is 103 Å². The minimum atomic E-state index is -1.10. The van der Waals surface area contributed by atoms with Gasteiger partial charge in [-0.1, -0.05) is 64.6 Å². The van der Waals surface area contributed by atoms with E-state index in [2.05, 4.69) is 0 Å². The van der Waals surface area contributed by atoms with Gasteiger partial charge in [-0.25, -0.2) is 0 Å². The van der Waals surface area contributed by atoms with Crippen LogP contribution in [-0.2, 0) is 11.2 Å². The number of carbonyl (C=O) groups is 2. The third-order valence-electron chi connectivity index (χ3n) is 8.03. The largest absolute Gasteiger partial charge is 0.385 e. The number of aliphatic hydroxyl groups is 2. The average Bonchev–Trinajstić information content (AvgIpc) is 2.96. The molecule has 0 radical (unpaired) electrons. The molecule has 3 aromatic carbocycles. The molecule has 40 heavy (non-hydrogen) atoms. The van der Waals surface area contributed by atoms with Crippen molar-refractivity contribution in [3.8, 4) is 0 Å². The van der Waals surface area contributed by atoms with E-state index in [0.717, 1.165) is 0 Å². The summed E-state index contributed by atoms with van der Waals surface area (Å²) in [6.45, 7) is 1.42. The number of benzene rings is 3. The van der Waals surface area contributed by atoms with Gasteiger partial charge in [0.25, 0.3) is 11.8 Å². The Morgan fingerprint density at radius 3 is 1.30 bits per heavy atom. The summed E-state index contributed by atoms with van der Waals surface area (Å²) in [7, 11) is 0. The average molecular weight is 622 g/mol. The number of likely N-dealkylation sites (tertiary alicyclic amines) is 2. The monoisotopic (exact) mass is 620 g/mol. The highest BCUT2D eigenvalue weighted by molar-refractivity contribution is 6.42. The molecule has 0 atom stereocenters. The maximum Gasteiger partial charge on any atom is 0.253 e. The van der Waals surface area contributed by atoms with Crippen LogP contribution >= 0.6 is 46.4 Å². The molecule has 2 saturated heterocycles. The number of carbonyl (C=O) groups excluding carboxylic acids is 2. The fraction of sp³-hybridized carbons (Fsp3) is 0.333. The van der Waals surface area contributed by atoms with Crippen molar-refractivity contribution in [1.82, 2.24) is 9.80 Å². The smallest absolute Gasteiger partial charge is 0.253 e. The highest BCUT2D eigenvalue weighted by Gasteiger charge is 2.37. The molecule has 210 valence electrons. The first-order chi connectivity index (χ1) is 19.0. The molecule has 3 aromatic rings. The number of hydrogen-bond donors (Lipinski definition) is 2. The number of piperidine rings is 2. The van der Waals surface area contributed by atoms with Crippen molar-refractivity contribution >= 4 is 58.2 Å². The lowest BCUT2D eigenvalue weighted by molar-refractivity contribution is -0.0215. The molecule has 10 heteroatoms. The molecular formula is C30H28Cl4N2O4. The molecular weight excluding hydrogens is 594 g/mol. The Hall–Kier alpha value is -2.32. The van der Waals surface area contributed by atoms with E-state index in [0.29, 0.717) is 94.2 Å². The standard InChI is InChI=1S/C30H28Cl4N2O4/c31-23-6-4-21(17-25(23)33)29(39)8-12-35(13-9-29)27(37)19-2-1-3-20(16-19)28(38)36-14-10-30(40,11-15-36)22-5-7-24(32)26(34)18-22/h1-7,16-18,39-40H,8-15H2. The van der Waals surface area contributed by atoms with Gasteiger partial charge in [0, 0.05) is 37.3 Å². The second-order valence-electron chi connectivity index (χ2n) is 10.5. The first kappa shape index (κ1) is 29.2. The fourth-order valence-electron chi connectivity index (χ4n) is 5.46. The van der Waals surface area contributed by atoms with E-state index < -0.39 is 11.2 Å². The predicted octanol–water partition coefficient (Wildman–Crippen LogP) is 6.55. The van der Waals surface area contributed by atoms with E-state index >= 15 is 0 Å². The zero-order chi connectivity index (χ0) is 28.7. The molecule has 0 aromatic heterocycles. The lowest BCUT2D eigenvalue weighted by Crippen LogP contribution is -2.45. The van der Waals surface area contributed by atoms with Crippen LogP contribution in [0.2, 0.25) is 20.1 Å². The van der Waals surface area contributed by atoms with Crippen molar-refractivity contribution in [2.75, 3.05) is 26.2 Å². The topological polar surface area (TPSA) is 81.1 Å². The number of rotatable bonds is 4. The first-order valence-electron chi connectivity index (χ1n) is 13.0. The van der Waals surface area contributed by atoms with Gasteiger partial charge >= 0.3 is 0 Å². The van der Waals surface area contributed by atoms with Gasteiger partial charge in [-0.15, -0.1) is 0 Å². The van der Waals surface area contributed by atoms with E-state index in [-0.39, 0.29) is 11.8 Å². The van der Waals surface area contributed by atoms with Crippen LogP contribution in [0.1, 0.15) is 57.5 Å². The summed E-state index contributed by atoms with van der Waals surface area (Å²) in [5.41, 5.74) is -0.0270. The molecule has 0 bridgehead atoms. The molecule has 0 spiro atoms. The molecule has 6 nitrogen and oxygen atoms in total. The zero-order valence-electron chi connectivity index (χ0n) is 21.5. The molecule has 0 unspecified atom stereocenters. The lowest BCUT2D eigenvalue weighted by Gasteiger charge is -2.39. The van der Waals surface area contributed by atoms with E-state index in [1.165, 1.54) is 0 Å². The lowest BCUT2D eigenvalue weighted by atomic mass is 9.84. The summed E-state index contributed by atoms with van der Waals surface area (Å²) in [4.78, 5) is 30.0. The number of amides is 2. The third kappa shape index (κ3) is 5.85. The molecule has 2 fully saturated rings. The van der Waals surface area contributed by atoms with Crippen LogP contribution in [0.5, 0.6) is 0 Å². The Kier molecular flexibility index (Phi) is 8.40. The van der Waals surface area contributed by atoms with E-state index in [4.69, 9.17) is 46.4 Å². The summed E-state index contributed by atoms with van der Waals surface area (Å²) in [6.07, 6.45) is 1.41. The summed E-state index contributed by atoms with van der Waals surface area (Å²) >= 11 is 24.3. The molecule has 0 aliphatic carbocycles. The van der Waals surface area contributed by atoms with E-state index in [9.17, 15) is 19.8 Å². The second-order valence-corrected chi connectivity index (χ2v) is 12.1. The number of nitrogens with zero attached hydrogens (tertiary/aromatic N) is 2. The summed E-state index contributed by atoms with van der Waals surface area (Å²) in [6, 6.07) is 16.9. The van der Waals surface area contributed by atoms with Crippen LogP contribution in [-0.4, -0.2) is 58.0 Å². The summed E-state index contributed by atoms with van der Waals surface area (Å²) in [5, 5.41) is 24.0. The van der Waals surface area contributed by atoms with E-state index in [1.54, 1.807) is 70.5 Å². The van der Waals surface area contributed by atoms with Crippen LogP contribution in [0.15, 0.2) is 60.7 Å². The van der Waals surface area contributed by atoms with Gasteiger partial charge in [0.2, 0.25) is 0 Å². The maximum atomic E-state index is 13.3. The van der Waals surface area contributed by atoms with Crippen LogP contribution in [0.3, 0.4) is 0 Å². The van der Waals surface area contributed by atoms with Crippen LogP contribution in [0, 0.1) is 0 Å². The van der Waals surface area contributed by atoms with Gasteiger partial charge < -0.3 is 20.0 Å². The highest BCUT2D eigenvalue weighted by atomic mass is 35.5. The van der Waals surface area contributed by atoms with E-state index in [1.807, 2.05) is 0 Å². The Morgan fingerprint density at radius 1 is 0.575 bits per heavy atom. The SMILES string of the molecule is O=C(c1cccc(C(=O)N2CCC(O)(c3ccc(Cl)c(Cl)c3)CC2)c1)N1CCC(O)(c2ccc(Cl)c(Cl)c2)CC1. The molecule has 2 aliphatic heterocycles. The quantitative estimate of drug-likeness (QED) is 0.346. The Balaban J connectivity index is 1.22. The van der Waals surface area contributed by atoms with Crippen molar-refractivity contribution < 1.29 is 19.8 Å². The molecule has 2 aliphatic rings. The number of halogens is 4. The summed E-state index contributed by atoms with van der Waals surface area (Å²) in [5.74, 6) is -0.392. The minimum absolute atomic E-state index is 0.196. The third-order valence-corrected chi connectivity index (χ3v) is 9.50. The van der Waals surface area contributed by atoms with Crippen LogP contribution < -0.4 is 0 Å². The molecule has 5 rings (SSSR count). The normalized spacial score (nSPS) is 18.4. The van der Waals surface area contributed by atoms with Gasteiger partial charge in [-0.2, -0.15) is 0 Å². The zero-order valence-corrected chi connectivity index (χ0v) is 24.6. The Morgan fingerprint density at radius 2 is 0.950 bits per heavy atom. The summed E-state index contributed by atoms with van der Waals surface area (Å²) < 4.78 is 0. The highest BCUT2D eigenvalue weighted by Crippen LogP contribution is 2.37. The molecule has 0 saturated carbocycles. The number of hydrogen-bond acceptors (Lipinski definition) is 4. The second kappa shape index (κ2) is 11.5. The van der Waals surface area contributed by atoms with Gasteiger partial charge in [-0.05, 0) is 79.3 Å². The van der Waals surface area contributed by atoms with Gasteiger partial charge in [0.05, 0.1) is 31.3 Å². The van der Waals surface area contributed by atoms with Crippen LogP contribution in [0.4, 0.5) is 0 Å². The maximum absolute atomic E-state index is 13.3. The van der Waals surface area contributed by atoms with Crippen molar-refractivity contribution in [1.29, 1.82) is 0 Å². The molecule has 2 amide bonds. The Labute approximate surface area is 253 Å². The van der Waals surface area contributed by atoms with Crippen LogP contribution in [0.25, 0.3) is 0 Å². The minimum Gasteiger partial charge on any atom is -0.385 e. The molecule has 2 heterocycles. The molecule has 2 N–H and O–H groups in total. The van der Waals surface area contributed by atoms with Gasteiger partial charge in [0.1, 0.15) is 0 Å². The first-order valence-corrected chi connectivity index (χ1v) is 14.5. The van der Waals surface area contributed by atoms with Crippen molar-refractivity contribution in [3.63, 3.8) is 0 Å². The predicted molar refractivity (Wildman–Crippen MR) is 157 cm³/mol. The van der Waals surface area contributed by atoms with Gasteiger partial charge in [-0.3, -0.25) is 9.59 Å². The van der Waals surface area contributed by atoms with Gasteiger partial charge in [0.15, 0.2) is 0 Å². The van der Waals surface area contributed by atoms with Crippen molar-refractivity contribution in [2.24, 2.45) is 0 Å². The Bertz CT molecular complexity index is 1340.